The topological polar surface area (TPSA) is 64.4 Å². The molecular weight excluding hydrogens is 445 g/mol. The van der Waals surface area contributed by atoms with Gasteiger partial charge in [0, 0.05) is 37.9 Å². The lowest BCUT2D eigenvalue weighted by Gasteiger charge is -2.46. The molecule has 7 heteroatoms. The number of carbonyl (C=O) groups excluding carboxylic acids is 2. The third-order valence-corrected chi connectivity index (χ3v) is 7.62. The fourth-order valence-electron chi connectivity index (χ4n) is 5.66. The van der Waals surface area contributed by atoms with E-state index in [-0.39, 0.29) is 36.1 Å². The maximum Gasteiger partial charge on any atom is 0.247 e. The number of carbonyl (C=O) groups is 2. The largest absolute Gasteiger partial charge is 0.375 e. The summed E-state index contributed by atoms with van der Waals surface area (Å²) >= 11 is 0. The van der Waals surface area contributed by atoms with Gasteiger partial charge < -0.3 is 9.64 Å². The summed E-state index contributed by atoms with van der Waals surface area (Å²) < 4.78 is 20.9. The molecule has 2 fully saturated rings. The zero-order valence-electron chi connectivity index (χ0n) is 20.2. The molecule has 0 radical (unpaired) electrons. The number of aromatic nitrogens is 2. The molecule has 184 valence electrons. The average molecular weight is 478 g/mol. The zero-order chi connectivity index (χ0) is 24.4. The summed E-state index contributed by atoms with van der Waals surface area (Å²) in [6.07, 6.45) is 4.86. The number of rotatable bonds is 5. The number of amides is 1. The highest BCUT2D eigenvalue weighted by Gasteiger charge is 2.41. The maximum atomic E-state index is 13.2. The van der Waals surface area contributed by atoms with Gasteiger partial charge in [-0.25, -0.2) is 4.39 Å². The fourth-order valence-corrected chi connectivity index (χ4v) is 5.66. The summed E-state index contributed by atoms with van der Waals surface area (Å²) in [5.74, 6) is 0.154. The van der Waals surface area contributed by atoms with Crippen LogP contribution in [0.2, 0.25) is 0 Å². The molecule has 5 rings (SSSR count). The second-order valence-corrected chi connectivity index (χ2v) is 10.0. The number of piperidine rings is 1. The van der Waals surface area contributed by atoms with Gasteiger partial charge in [0.1, 0.15) is 5.82 Å². The Labute approximate surface area is 205 Å². The first-order valence-corrected chi connectivity index (χ1v) is 12.6. The van der Waals surface area contributed by atoms with Gasteiger partial charge in [0.05, 0.1) is 16.8 Å². The molecule has 1 unspecified atom stereocenters. The van der Waals surface area contributed by atoms with Crippen LogP contribution in [-0.2, 0) is 16.0 Å². The quantitative estimate of drug-likeness (QED) is 0.523. The summed E-state index contributed by atoms with van der Waals surface area (Å²) in [4.78, 5) is 27.5. The van der Waals surface area contributed by atoms with Crippen molar-refractivity contribution in [3.63, 3.8) is 0 Å². The van der Waals surface area contributed by atoms with Crippen LogP contribution in [0.15, 0.2) is 48.5 Å². The third-order valence-electron chi connectivity index (χ3n) is 7.62. The van der Waals surface area contributed by atoms with Crippen molar-refractivity contribution >= 4 is 22.7 Å². The van der Waals surface area contributed by atoms with Crippen molar-refractivity contribution in [3.8, 4) is 0 Å². The van der Waals surface area contributed by atoms with E-state index in [1.54, 1.807) is 0 Å². The third kappa shape index (κ3) is 5.15. The van der Waals surface area contributed by atoms with Crippen LogP contribution in [0.25, 0.3) is 10.9 Å². The Morgan fingerprint density at radius 1 is 1.06 bits per heavy atom. The normalized spacial score (nSPS) is 19.8. The lowest BCUT2D eigenvalue weighted by Crippen LogP contribution is -2.51. The van der Waals surface area contributed by atoms with Crippen LogP contribution in [0.3, 0.4) is 0 Å². The second kappa shape index (κ2) is 9.90. The highest BCUT2D eigenvalue weighted by molar-refractivity contribution is 5.93. The van der Waals surface area contributed by atoms with E-state index in [1.807, 2.05) is 48.2 Å². The number of fused-ring (bicyclic) bond motifs is 1. The number of ether oxygens (including phenoxy) is 1. The van der Waals surface area contributed by atoms with Crippen molar-refractivity contribution in [2.24, 2.45) is 5.92 Å². The molecule has 2 aliphatic rings. The highest BCUT2D eigenvalue weighted by Crippen LogP contribution is 2.39. The van der Waals surface area contributed by atoms with E-state index in [0.29, 0.717) is 19.0 Å². The average Bonchev–Trinajstić information content (AvgIpc) is 3.21. The Balaban J connectivity index is 1.13. The van der Waals surface area contributed by atoms with Crippen molar-refractivity contribution in [2.45, 2.75) is 57.5 Å². The summed E-state index contributed by atoms with van der Waals surface area (Å²) in [5, 5.41) is 5.34. The number of hydrogen-bond donors (Lipinski definition) is 0. The van der Waals surface area contributed by atoms with E-state index in [9.17, 15) is 14.0 Å². The Kier molecular flexibility index (Phi) is 6.69. The first kappa shape index (κ1) is 23.7. The van der Waals surface area contributed by atoms with Crippen molar-refractivity contribution in [1.29, 1.82) is 0 Å². The number of likely N-dealkylation sites (tertiary alicyclic amines) is 1. The number of para-hydroxylation sites is 1. The van der Waals surface area contributed by atoms with Crippen LogP contribution >= 0.6 is 0 Å². The van der Waals surface area contributed by atoms with E-state index in [1.165, 1.54) is 16.8 Å². The standard InChI is InChI=1S/C28H32FN3O3/c1-20-24-4-2-3-5-25(24)32(30-20)27(34)11-10-26(33)31-15-13-28(14-16-31)19-22(12-17-35-28)18-21-6-8-23(29)9-7-21/h2-9,22H,10-19H2,1H3. The minimum atomic E-state index is -0.205. The van der Waals surface area contributed by atoms with Gasteiger partial charge in [-0.2, -0.15) is 9.78 Å². The molecule has 3 heterocycles. The predicted molar refractivity (Wildman–Crippen MR) is 132 cm³/mol. The Morgan fingerprint density at radius 3 is 2.54 bits per heavy atom. The molecule has 2 saturated heterocycles. The van der Waals surface area contributed by atoms with Gasteiger partial charge in [-0.05, 0) is 68.7 Å². The molecule has 1 spiro atoms. The van der Waals surface area contributed by atoms with Gasteiger partial charge in [0.2, 0.25) is 11.8 Å². The van der Waals surface area contributed by atoms with E-state index >= 15 is 0 Å². The van der Waals surface area contributed by atoms with E-state index in [4.69, 9.17) is 4.74 Å². The molecule has 1 amide bonds. The summed E-state index contributed by atoms with van der Waals surface area (Å²) in [5.41, 5.74) is 2.57. The molecular formula is C28H32FN3O3. The molecule has 0 N–H and O–H groups in total. The summed E-state index contributed by atoms with van der Waals surface area (Å²) in [6, 6.07) is 14.4. The van der Waals surface area contributed by atoms with Crippen molar-refractivity contribution in [1.82, 2.24) is 14.7 Å². The van der Waals surface area contributed by atoms with Gasteiger partial charge in [-0.15, -0.1) is 0 Å². The van der Waals surface area contributed by atoms with E-state index < -0.39 is 0 Å². The molecule has 0 bridgehead atoms. The first-order valence-electron chi connectivity index (χ1n) is 12.6. The van der Waals surface area contributed by atoms with Crippen LogP contribution in [0.4, 0.5) is 4.39 Å². The minimum absolute atomic E-state index is 0.0139. The summed E-state index contributed by atoms with van der Waals surface area (Å²) in [6.45, 7) is 3.92. The molecule has 2 aromatic carbocycles. The van der Waals surface area contributed by atoms with Crippen LogP contribution in [0, 0.1) is 18.7 Å². The molecule has 0 aliphatic carbocycles. The minimum Gasteiger partial charge on any atom is -0.375 e. The summed E-state index contributed by atoms with van der Waals surface area (Å²) in [7, 11) is 0. The molecule has 1 aromatic heterocycles. The van der Waals surface area contributed by atoms with Gasteiger partial charge >= 0.3 is 0 Å². The lowest BCUT2D eigenvalue weighted by atomic mass is 9.77. The number of nitrogens with zero attached hydrogens (tertiary/aromatic N) is 3. The van der Waals surface area contributed by atoms with Gasteiger partial charge in [0.25, 0.3) is 0 Å². The monoisotopic (exact) mass is 477 g/mol. The Morgan fingerprint density at radius 2 is 1.77 bits per heavy atom. The fraction of sp³-hybridized carbons (Fsp3) is 0.464. The maximum absolute atomic E-state index is 13.2. The molecule has 0 saturated carbocycles. The van der Waals surface area contributed by atoms with E-state index in [0.717, 1.165) is 60.9 Å². The first-order chi connectivity index (χ1) is 16.9. The van der Waals surface area contributed by atoms with Gasteiger partial charge in [-0.3, -0.25) is 9.59 Å². The second-order valence-electron chi connectivity index (χ2n) is 10.0. The number of hydrogen-bond acceptors (Lipinski definition) is 4. The van der Waals surface area contributed by atoms with Crippen LogP contribution in [0.1, 0.15) is 54.6 Å². The van der Waals surface area contributed by atoms with Crippen LogP contribution < -0.4 is 0 Å². The van der Waals surface area contributed by atoms with Gasteiger partial charge in [-0.1, -0.05) is 30.3 Å². The van der Waals surface area contributed by atoms with Crippen molar-refractivity contribution in [3.05, 3.63) is 65.6 Å². The number of benzene rings is 2. The zero-order valence-corrected chi connectivity index (χ0v) is 20.2. The lowest BCUT2D eigenvalue weighted by molar-refractivity contribution is -0.147. The van der Waals surface area contributed by atoms with Crippen LogP contribution in [0.5, 0.6) is 0 Å². The van der Waals surface area contributed by atoms with E-state index in [2.05, 4.69) is 5.10 Å². The molecule has 3 aromatic rings. The van der Waals surface area contributed by atoms with Gasteiger partial charge in [0.15, 0.2) is 0 Å². The molecule has 35 heavy (non-hydrogen) atoms. The smallest absolute Gasteiger partial charge is 0.247 e. The predicted octanol–water partition coefficient (Wildman–Crippen LogP) is 4.93. The Hall–Kier alpha value is -3.06. The van der Waals surface area contributed by atoms with Crippen molar-refractivity contribution < 1.29 is 18.7 Å². The molecule has 1 atom stereocenters. The number of halogens is 1. The highest BCUT2D eigenvalue weighted by atomic mass is 19.1. The van der Waals surface area contributed by atoms with Crippen molar-refractivity contribution in [2.75, 3.05) is 19.7 Å². The molecule has 2 aliphatic heterocycles. The Bertz CT molecular complexity index is 1210. The number of aryl methyl sites for hydroxylation is 1. The SMILES string of the molecule is Cc1nn(C(=O)CCC(=O)N2CCC3(CC2)CC(Cc2ccc(F)cc2)CCO3)c2ccccc12. The van der Waals surface area contributed by atoms with Crippen LogP contribution in [-0.4, -0.2) is 51.8 Å². The molecule has 6 nitrogen and oxygen atoms in total.